The summed E-state index contributed by atoms with van der Waals surface area (Å²) < 4.78 is 5.56. The fourth-order valence-corrected chi connectivity index (χ4v) is 3.07. The lowest BCUT2D eigenvalue weighted by molar-refractivity contribution is -0.151. The van der Waals surface area contributed by atoms with E-state index in [4.69, 9.17) is 4.74 Å². The van der Waals surface area contributed by atoms with Crippen LogP contribution in [0.5, 0.6) is 0 Å². The number of esters is 1. The molecule has 2 bridgehead atoms. The summed E-state index contributed by atoms with van der Waals surface area (Å²) in [4.78, 5) is 13.9. The van der Waals surface area contributed by atoms with E-state index in [0.29, 0.717) is 18.4 Å². The smallest absolute Gasteiger partial charge is 0.306 e. The van der Waals surface area contributed by atoms with Crippen LogP contribution in [0, 0.1) is 5.92 Å². The molecule has 2 rings (SSSR count). The number of hydrogen-bond donors (Lipinski definition) is 1. The topological polar surface area (TPSA) is 49.8 Å². The number of likely N-dealkylation sites (N-methyl/N-ethyl adjacent to an activating group) is 1. The van der Waals surface area contributed by atoms with Gasteiger partial charge < -0.3 is 9.84 Å². The molecule has 0 spiro atoms. The molecule has 17 heavy (non-hydrogen) atoms. The van der Waals surface area contributed by atoms with E-state index in [2.05, 4.69) is 11.9 Å². The van der Waals surface area contributed by atoms with Crippen LogP contribution in [-0.4, -0.2) is 47.3 Å². The van der Waals surface area contributed by atoms with Gasteiger partial charge in [-0.25, -0.2) is 0 Å². The van der Waals surface area contributed by atoms with E-state index in [1.165, 1.54) is 0 Å². The quantitative estimate of drug-likeness (QED) is 0.754. The molecule has 1 N–H and O–H groups in total. The number of hydrogen-bond acceptors (Lipinski definition) is 4. The van der Waals surface area contributed by atoms with Crippen molar-refractivity contribution in [3.8, 4) is 0 Å². The summed E-state index contributed by atoms with van der Waals surface area (Å²) in [5.74, 6) is 0.243. The zero-order chi connectivity index (χ0) is 12.6. The predicted octanol–water partition coefficient (Wildman–Crippen LogP) is 1.17. The minimum Gasteiger partial charge on any atom is -0.461 e. The lowest BCUT2D eigenvalue weighted by Crippen LogP contribution is -2.44. The van der Waals surface area contributed by atoms with E-state index in [1.54, 1.807) is 0 Å². The first-order chi connectivity index (χ1) is 7.97. The highest BCUT2D eigenvalue weighted by Crippen LogP contribution is 2.36. The average molecular weight is 241 g/mol. The highest BCUT2D eigenvalue weighted by molar-refractivity contribution is 5.69. The molecule has 98 valence electrons. The minimum absolute atomic E-state index is 0.0200. The highest BCUT2D eigenvalue weighted by Gasteiger charge is 2.46. The SMILES string of the molecule is CC(C)CC(=O)OC1C[C@@H]2CC(O)C[C@H]1N2C. The first kappa shape index (κ1) is 12.8. The van der Waals surface area contributed by atoms with E-state index in [1.807, 2.05) is 13.8 Å². The second-order valence-corrected chi connectivity index (χ2v) is 5.87. The molecule has 0 amide bonds. The first-order valence-electron chi connectivity index (χ1n) is 6.57. The second kappa shape index (κ2) is 4.94. The molecular weight excluding hydrogens is 218 g/mol. The van der Waals surface area contributed by atoms with Gasteiger partial charge in [0.1, 0.15) is 6.10 Å². The van der Waals surface area contributed by atoms with Crippen molar-refractivity contribution in [3.05, 3.63) is 0 Å². The molecule has 4 atom stereocenters. The molecule has 2 fully saturated rings. The van der Waals surface area contributed by atoms with Crippen LogP contribution < -0.4 is 0 Å². The van der Waals surface area contributed by atoms with Gasteiger partial charge in [-0.3, -0.25) is 9.69 Å². The number of rotatable bonds is 3. The number of fused-ring (bicyclic) bond motifs is 2. The summed E-state index contributed by atoms with van der Waals surface area (Å²) in [6.07, 6.45) is 2.66. The molecule has 0 aliphatic carbocycles. The van der Waals surface area contributed by atoms with Crippen molar-refractivity contribution in [1.82, 2.24) is 4.90 Å². The predicted molar refractivity (Wildman–Crippen MR) is 64.5 cm³/mol. The molecule has 0 aromatic carbocycles. The molecule has 0 radical (unpaired) electrons. The second-order valence-electron chi connectivity index (χ2n) is 5.87. The molecule has 0 saturated carbocycles. The fraction of sp³-hybridized carbons (Fsp3) is 0.923. The number of aliphatic hydroxyl groups excluding tert-OH is 1. The Bertz CT molecular complexity index is 292. The van der Waals surface area contributed by atoms with E-state index < -0.39 is 0 Å². The molecule has 0 aromatic heterocycles. The Hall–Kier alpha value is -0.610. The number of nitrogens with zero attached hydrogens (tertiary/aromatic N) is 1. The molecule has 2 heterocycles. The van der Waals surface area contributed by atoms with Gasteiger partial charge in [0.15, 0.2) is 0 Å². The lowest BCUT2D eigenvalue weighted by atomic mass is 10.0. The van der Waals surface area contributed by atoms with Crippen LogP contribution in [0.4, 0.5) is 0 Å². The molecule has 0 aromatic rings. The van der Waals surface area contributed by atoms with Crippen LogP contribution in [0.3, 0.4) is 0 Å². The minimum atomic E-state index is -0.227. The Kier molecular flexibility index (Phi) is 3.73. The van der Waals surface area contributed by atoms with Gasteiger partial charge in [0.25, 0.3) is 0 Å². The molecule has 2 unspecified atom stereocenters. The van der Waals surface area contributed by atoms with E-state index >= 15 is 0 Å². The van der Waals surface area contributed by atoms with E-state index in [0.717, 1.165) is 19.3 Å². The molecule has 4 nitrogen and oxygen atoms in total. The van der Waals surface area contributed by atoms with Crippen molar-refractivity contribution in [2.24, 2.45) is 5.92 Å². The van der Waals surface area contributed by atoms with Crippen LogP contribution in [0.15, 0.2) is 0 Å². The Labute approximate surface area is 103 Å². The van der Waals surface area contributed by atoms with Crippen LogP contribution in [-0.2, 0) is 9.53 Å². The summed E-state index contributed by atoms with van der Waals surface area (Å²) in [7, 11) is 2.07. The summed E-state index contributed by atoms with van der Waals surface area (Å²) in [6.45, 7) is 4.04. The number of ether oxygens (including phenoxy) is 1. The summed E-state index contributed by atoms with van der Waals surface area (Å²) in [5.41, 5.74) is 0. The first-order valence-corrected chi connectivity index (χ1v) is 6.57. The van der Waals surface area contributed by atoms with Crippen LogP contribution in [0.1, 0.15) is 39.5 Å². The maximum Gasteiger partial charge on any atom is 0.306 e. The molecule has 2 aliphatic rings. The van der Waals surface area contributed by atoms with Crippen molar-refractivity contribution < 1.29 is 14.6 Å². The third kappa shape index (κ3) is 2.80. The summed E-state index contributed by atoms with van der Waals surface area (Å²) in [5, 5.41) is 9.74. The van der Waals surface area contributed by atoms with Crippen LogP contribution >= 0.6 is 0 Å². The zero-order valence-electron chi connectivity index (χ0n) is 10.9. The maximum absolute atomic E-state index is 11.7. The Morgan fingerprint density at radius 1 is 1.41 bits per heavy atom. The molecule has 2 saturated heterocycles. The van der Waals surface area contributed by atoms with Gasteiger partial charge in [-0.05, 0) is 25.8 Å². The number of aliphatic hydroxyl groups is 1. The molecule has 4 heteroatoms. The number of carbonyl (C=O) groups excluding carboxylic acids is 1. The number of piperidine rings is 1. The van der Waals surface area contributed by atoms with Crippen molar-refractivity contribution in [2.75, 3.05) is 7.05 Å². The van der Waals surface area contributed by atoms with Gasteiger partial charge in [-0.15, -0.1) is 0 Å². The monoisotopic (exact) mass is 241 g/mol. The van der Waals surface area contributed by atoms with Gasteiger partial charge in [-0.2, -0.15) is 0 Å². The van der Waals surface area contributed by atoms with Gasteiger partial charge in [0.05, 0.1) is 6.10 Å². The zero-order valence-corrected chi connectivity index (χ0v) is 10.9. The Morgan fingerprint density at radius 3 is 2.76 bits per heavy atom. The Balaban J connectivity index is 1.92. The van der Waals surface area contributed by atoms with Crippen molar-refractivity contribution in [2.45, 2.75) is 63.8 Å². The van der Waals surface area contributed by atoms with Crippen LogP contribution in [0.2, 0.25) is 0 Å². The fourth-order valence-electron chi connectivity index (χ4n) is 3.07. The third-order valence-electron chi connectivity index (χ3n) is 3.95. The molecule has 2 aliphatic heterocycles. The summed E-state index contributed by atoms with van der Waals surface area (Å²) >= 11 is 0. The standard InChI is InChI=1S/C13H23NO3/c1-8(2)4-13(16)17-12-6-9-5-10(15)7-11(12)14(9)3/h8-12,15H,4-7H2,1-3H3/t9-,10?,11+,12?/m0/s1. The normalized spacial score (nSPS) is 37.5. The van der Waals surface area contributed by atoms with Crippen molar-refractivity contribution in [3.63, 3.8) is 0 Å². The van der Waals surface area contributed by atoms with Crippen LogP contribution in [0.25, 0.3) is 0 Å². The highest BCUT2D eigenvalue weighted by atomic mass is 16.5. The number of carbonyl (C=O) groups is 1. The summed E-state index contributed by atoms with van der Waals surface area (Å²) in [6, 6.07) is 0.584. The lowest BCUT2D eigenvalue weighted by Gasteiger charge is -2.34. The third-order valence-corrected chi connectivity index (χ3v) is 3.95. The van der Waals surface area contributed by atoms with E-state index in [-0.39, 0.29) is 24.2 Å². The average Bonchev–Trinajstić information content (AvgIpc) is 2.40. The van der Waals surface area contributed by atoms with Crippen molar-refractivity contribution in [1.29, 1.82) is 0 Å². The Morgan fingerprint density at radius 2 is 2.12 bits per heavy atom. The van der Waals surface area contributed by atoms with Gasteiger partial charge in [0.2, 0.25) is 0 Å². The largest absolute Gasteiger partial charge is 0.461 e. The molecular formula is C13H23NO3. The van der Waals surface area contributed by atoms with Gasteiger partial charge >= 0.3 is 5.97 Å². The maximum atomic E-state index is 11.7. The van der Waals surface area contributed by atoms with Gasteiger partial charge in [-0.1, -0.05) is 13.8 Å². The van der Waals surface area contributed by atoms with Crippen molar-refractivity contribution >= 4 is 5.97 Å². The van der Waals surface area contributed by atoms with Gasteiger partial charge in [0, 0.05) is 24.9 Å². The van der Waals surface area contributed by atoms with E-state index in [9.17, 15) is 9.90 Å².